The van der Waals surface area contributed by atoms with Crippen LogP contribution in [0.4, 0.5) is 17.1 Å². The van der Waals surface area contributed by atoms with Crippen LogP contribution >= 0.6 is 0 Å². The fraction of sp³-hybridized carbons (Fsp3) is 0.0833. The summed E-state index contributed by atoms with van der Waals surface area (Å²) in [6, 6.07) is 101. The summed E-state index contributed by atoms with van der Waals surface area (Å²) in [5, 5.41) is 0. The number of anilines is 3. The summed E-state index contributed by atoms with van der Waals surface area (Å²) in [7, 11) is 0. The number of benzene rings is 11. The standard InChI is InChI=1S/2C48H47N.C42H43N.C6H8/c1-7-10-12-15-23-41(9-3)24-21-35-49(40(6)32-31-39(5)38(4)22-11-8-2)46-33-34-47(48(37-46)43-27-18-14-19-28-43)45-30-20-29-44(36-45)42-25-16-13-17-26-42;1-7-10-12-15-22-41(9-3)23-20-36-49(40(6)29-28-39(5)38(4)21-11-8-2)46-34-35-47(48(37-46)44-26-18-14-19-27-44)45-32-30-43(31-33-45)42-24-16-13-17-25-42;1-8-12-21-33(5)34(6)27-28-35(7)43(31-19-26-36(10-3)38-22-15-13-16-23-38)40-29-30-41(37(11-4)20-9-2)42(32-40)39-24-17-14-18-25-39;1-3-5-6-4-2/h2*7-37H,1,3H2,2,4-6H3;8-32H,2-4H2,1,5-7H3;3-6H,1-2H2/b11-8-,12-10-,23-15+,35-21+,38-22+,39-31+,40-32+,41-24+;11-8-,12-10-,22-15+,36-20+,38-21+,39-28+,40-29+,41-23+;12-8-,31-19+,33-21+,34-27+,35-28+,36-26+,37-20+;6-5-. The molecule has 0 aliphatic carbocycles. The van der Waals surface area contributed by atoms with Gasteiger partial charge in [-0.2, -0.15) is 0 Å². The molecule has 0 saturated heterocycles. The molecule has 11 aromatic rings. The third kappa shape index (κ3) is 37.9. The molecule has 0 aromatic heterocycles. The van der Waals surface area contributed by atoms with Crippen molar-refractivity contribution in [2.24, 2.45) is 0 Å². The minimum Gasteiger partial charge on any atom is -0.321 e. The molecule has 0 bridgehead atoms. The van der Waals surface area contributed by atoms with Gasteiger partial charge in [-0.25, -0.2) is 0 Å². The highest BCUT2D eigenvalue weighted by Crippen LogP contribution is 2.42. The predicted molar refractivity (Wildman–Crippen MR) is 657 cm³/mol. The Kier molecular flexibility index (Phi) is 50.9. The number of nitrogens with zero attached hydrogens (tertiary/aromatic N) is 3. The number of allylic oxidation sites excluding steroid dienone is 54. The average molecular weight is 1920 g/mol. The van der Waals surface area contributed by atoms with E-state index < -0.39 is 0 Å². The summed E-state index contributed by atoms with van der Waals surface area (Å²) in [6.45, 7) is 59.8. The summed E-state index contributed by atoms with van der Waals surface area (Å²) in [4.78, 5) is 6.70. The molecule has 0 radical (unpaired) electrons. The van der Waals surface area contributed by atoms with Gasteiger partial charge in [0.25, 0.3) is 0 Å². The van der Waals surface area contributed by atoms with Crippen molar-refractivity contribution in [2.75, 3.05) is 14.7 Å². The van der Waals surface area contributed by atoms with Crippen LogP contribution in [-0.4, -0.2) is 0 Å². The topological polar surface area (TPSA) is 9.72 Å². The zero-order valence-corrected chi connectivity index (χ0v) is 88.2. The van der Waals surface area contributed by atoms with Gasteiger partial charge in [-0.1, -0.05) is 515 Å². The van der Waals surface area contributed by atoms with E-state index in [-0.39, 0.29) is 0 Å². The van der Waals surface area contributed by atoms with Crippen LogP contribution < -0.4 is 14.7 Å². The van der Waals surface area contributed by atoms with Gasteiger partial charge in [-0.3, -0.25) is 0 Å². The highest BCUT2D eigenvalue weighted by Gasteiger charge is 2.19. The van der Waals surface area contributed by atoms with E-state index in [9.17, 15) is 0 Å². The van der Waals surface area contributed by atoms with Gasteiger partial charge in [0.1, 0.15) is 0 Å². The Morgan fingerprint density at radius 1 is 0.204 bits per heavy atom. The molecule has 0 spiro atoms. The lowest BCUT2D eigenvalue weighted by Crippen LogP contribution is -2.13. The minimum absolute atomic E-state index is 1.01. The van der Waals surface area contributed by atoms with Crippen LogP contribution in [0.3, 0.4) is 0 Å². The van der Waals surface area contributed by atoms with Crippen molar-refractivity contribution in [3.63, 3.8) is 0 Å². The molecular weight excluding hydrogens is 1770 g/mol. The zero-order valence-electron chi connectivity index (χ0n) is 88.2. The Balaban J connectivity index is 0.000000262. The molecule has 0 saturated carbocycles. The molecule has 3 heteroatoms. The molecule has 0 aliphatic rings. The maximum atomic E-state index is 4.06. The summed E-state index contributed by atoms with van der Waals surface area (Å²) in [5.41, 5.74) is 36.6. The summed E-state index contributed by atoms with van der Waals surface area (Å²) in [5.74, 6) is 0. The maximum absolute atomic E-state index is 4.06. The third-order valence-electron chi connectivity index (χ3n) is 23.9. The van der Waals surface area contributed by atoms with E-state index in [0.29, 0.717) is 0 Å². The first-order valence-corrected chi connectivity index (χ1v) is 49.8. The molecule has 0 aliphatic heterocycles. The van der Waals surface area contributed by atoms with E-state index in [1.165, 1.54) is 100 Å². The largest absolute Gasteiger partial charge is 0.321 e. The highest BCUT2D eigenvalue weighted by molar-refractivity contribution is 5.91. The molecule has 0 heterocycles. The number of hydrogen-bond donors (Lipinski definition) is 0. The highest BCUT2D eigenvalue weighted by atomic mass is 15.1. The normalized spacial score (nSPS) is 13.1. The van der Waals surface area contributed by atoms with Gasteiger partial charge in [0.2, 0.25) is 0 Å². The summed E-state index contributed by atoms with van der Waals surface area (Å²) < 4.78 is 0. The molecule has 736 valence electrons. The van der Waals surface area contributed by atoms with Crippen LogP contribution in [0.15, 0.2) is 674 Å². The Bertz CT molecular complexity index is 7020. The number of rotatable bonds is 43. The third-order valence-corrected chi connectivity index (χ3v) is 23.9. The minimum atomic E-state index is 1.01. The van der Waals surface area contributed by atoms with Gasteiger partial charge < -0.3 is 14.7 Å². The van der Waals surface area contributed by atoms with Gasteiger partial charge in [-0.05, 0) is 307 Å². The van der Waals surface area contributed by atoms with E-state index in [1.807, 2.05) is 154 Å². The lowest BCUT2D eigenvalue weighted by Gasteiger charge is -2.23. The lowest BCUT2D eigenvalue weighted by molar-refractivity contribution is 1.15. The second kappa shape index (κ2) is 65.4. The Morgan fingerprint density at radius 2 is 0.510 bits per heavy atom. The van der Waals surface area contributed by atoms with E-state index in [2.05, 4.69) is 525 Å². The van der Waals surface area contributed by atoms with E-state index in [4.69, 9.17) is 0 Å². The van der Waals surface area contributed by atoms with Gasteiger partial charge in [0.05, 0.1) is 0 Å². The molecule has 0 amide bonds. The van der Waals surface area contributed by atoms with Crippen LogP contribution in [0.25, 0.3) is 89.0 Å². The second-order valence-electron chi connectivity index (χ2n) is 34.2. The van der Waals surface area contributed by atoms with Crippen LogP contribution in [-0.2, 0) is 0 Å². The molecule has 0 fully saturated rings. The second-order valence-corrected chi connectivity index (χ2v) is 34.2. The fourth-order valence-electron chi connectivity index (χ4n) is 15.2. The summed E-state index contributed by atoms with van der Waals surface area (Å²) >= 11 is 0. The first kappa shape index (κ1) is 115. The van der Waals surface area contributed by atoms with Gasteiger partial charge in [0, 0.05) is 52.8 Å². The lowest BCUT2D eigenvalue weighted by atomic mass is 9.92. The van der Waals surface area contributed by atoms with Gasteiger partial charge in [0.15, 0.2) is 0 Å². The van der Waals surface area contributed by atoms with Crippen LogP contribution in [0.1, 0.15) is 94.2 Å². The molecule has 0 unspecified atom stereocenters. The first-order valence-electron chi connectivity index (χ1n) is 49.8. The zero-order chi connectivity index (χ0) is 106. The van der Waals surface area contributed by atoms with E-state index >= 15 is 0 Å². The molecule has 147 heavy (non-hydrogen) atoms. The van der Waals surface area contributed by atoms with E-state index in [0.717, 1.165) is 78.7 Å². The van der Waals surface area contributed by atoms with Crippen molar-refractivity contribution in [1.82, 2.24) is 0 Å². The monoisotopic (exact) mass is 1920 g/mol. The Morgan fingerprint density at radius 3 is 0.884 bits per heavy atom. The van der Waals surface area contributed by atoms with Crippen molar-refractivity contribution in [3.05, 3.63) is 685 Å². The van der Waals surface area contributed by atoms with Crippen molar-refractivity contribution in [3.8, 4) is 77.9 Å². The van der Waals surface area contributed by atoms with Gasteiger partial charge in [-0.15, -0.1) is 0 Å². The SMILES string of the molecule is C=C/C=C(\C=C)c1ccc(N(/C=C/C=C(\C=C)c2ccccc2)/C(C)=C/C=C(C)/C(C)=C/C=C\C)cc1-c1ccccc1.C=C/C=C\C=C.C=C\C=C/C=C/C(C=C)=C/C=C/N(/C(C)=C/C=C(C)/C(C)=C/C=C\C)c1ccc(-c2ccc(-c3ccccc3)cc2)c(-c2ccccc2)c1.C=C\C=C/C=C/C(C=C)=C/C=C/N(/C(C)=C/C=C(C)/C(C)=C/C=C\C)c1ccc(-c2cccc(-c3ccccc3)c2)c(-c2ccccc2)c1. The van der Waals surface area contributed by atoms with Gasteiger partial charge >= 0.3 is 0 Å². The molecule has 0 atom stereocenters. The smallest absolute Gasteiger partial charge is 0.0458 e. The van der Waals surface area contributed by atoms with Crippen molar-refractivity contribution < 1.29 is 0 Å². The van der Waals surface area contributed by atoms with Crippen molar-refractivity contribution in [2.45, 2.75) is 83.1 Å². The van der Waals surface area contributed by atoms with Crippen molar-refractivity contribution in [1.29, 1.82) is 0 Å². The van der Waals surface area contributed by atoms with Crippen molar-refractivity contribution >= 4 is 28.2 Å². The predicted octanol–water partition coefficient (Wildman–Crippen LogP) is 41.6. The molecule has 11 aromatic carbocycles. The Labute approximate surface area is 882 Å². The molecule has 11 rings (SSSR count). The first-order chi connectivity index (χ1) is 71.7. The Hall–Kier alpha value is -17.8. The number of hydrogen-bond acceptors (Lipinski definition) is 3. The molecule has 0 N–H and O–H groups in total. The maximum Gasteiger partial charge on any atom is 0.0458 e. The van der Waals surface area contributed by atoms with E-state index in [1.54, 1.807) is 30.4 Å². The van der Waals surface area contributed by atoms with Crippen LogP contribution in [0.2, 0.25) is 0 Å². The molecular formula is C144H145N3. The average Bonchev–Trinajstić information content (AvgIpc) is 0.819. The summed E-state index contributed by atoms with van der Waals surface area (Å²) in [6.07, 6.45) is 88.3. The van der Waals surface area contributed by atoms with Crippen LogP contribution in [0, 0.1) is 0 Å². The fourth-order valence-corrected chi connectivity index (χ4v) is 15.2. The van der Waals surface area contributed by atoms with Crippen LogP contribution in [0.5, 0.6) is 0 Å². The quantitative estimate of drug-likeness (QED) is 0.0353. The molecule has 3 nitrogen and oxygen atoms in total.